The van der Waals surface area contributed by atoms with Crippen LogP contribution in [-0.2, 0) is 0 Å². The summed E-state index contributed by atoms with van der Waals surface area (Å²) in [5.74, 6) is 0. The van der Waals surface area contributed by atoms with Gasteiger partial charge >= 0.3 is 0 Å². The maximum atomic E-state index is 8.82. The van der Waals surface area contributed by atoms with Crippen molar-refractivity contribution in [1.82, 2.24) is 0 Å². The average Bonchev–Trinajstić information content (AvgIpc) is 1.83. The highest BCUT2D eigenvalue weighted by molar-refractivity contribution is 4.56. The van der Waals surface area contributed by atoms with Crippen LogP contribution in [0.15, 0.2) is 0 Å². The molecular weight excluding hydrogens is 120 g/mol. The van der Waals surface area contributed by atoms with Gasteiger partial charge in [-0.3, -0.25) is 0 Å². The molecule has 0 bridgehead atoms. The van der Waals surface area contributed by atoms with Crippen molar-refractivity contribution in [3.05, 3.63) is 6.92 Å². The molecule has 0 aliphatic rings. The molecule has 0 amide bonds. The van der Waals surface area contributed by atoms with Gasteiger partial charge in [-0.2, -0.15) is 0 Å². The van der Waals surface area contributed by atoms with Gasteiger partial charge in [0.2, 0.25) is 0 Å². The molecule has 55 valence electrons. The van der Waals surface area contributed by atoms with Crippen LogP contribution in [0.2, 0.25) is 0 Å². The van der Waals surface area contributed by atoms with Gasteiger partial charge in [0.1, 0.15) is 0 Å². The summed E-state index contributed by atoms with van der Waals surface area (Å²) in [4.78, 5) is 0. The third-order valence-electron chi connectivity index (χ3n) is 1.09. The first-order valence-electron chi connectivity index (χ1n) is 3.00. The van der Waals surface area contributed by atoms with E-state index in [1.54, 1.807) is 0 Å². The Bertz CT molecular complexity index is 63.3. The van der Waals surface area contributed by atoms with Crippen LogP contribution in [0.5, 0.6) is 0 Å². The molecule has 0 aliphatic carbocycles. The van der Waals surface area contributed by atoms with E-state index < -0.39 is 12.4 Å². The minimum absolute atomic E-state index is 0.219. The maximum Gasteiger partial charge on any atom is 0.151 e. The highest BCUT2D eigenvalue weighted by atomic mass is 16.5. The zero-order valence-electron chi connectivity index (χ0n) is 5.32. The van der Waals surface area contributed by atoms with Crippen molar-refractivity contribution < 1.29 is 15.3 Å². The van der Waals surface area contributed by atoms with Crippen molar-refractivity contribution in [2.45, 2.75) is 31.7 Å². The summed E-state index contributed by atoms with van der Waals surface area (Å²) in [6.07, 6.45) is -0.747. The first kappa shape index (κ1) is 8.88. The Hall–Kier alpha value is -0.120. The average molecular weight is 133 g/mol. The largest absolute Gasteiger partial charge is 0.393 e. The Balaban J connectivity index is 3.06. The SMILES string of the molecule is [CH2]CC(O)CCC(O)O. The van der Waals surface area contributed by atoms with Crippen molar-refractivity contribution in [2.24, 2.45) is 0 Å². The molecule has 0 aromatic carbocycles. The molecule has 0 saturated carbocycles. The lowest BCUT2D eigenvalue weighted by atomic mass is 10.1. The summed E-state index contributed by atoms with van der Waals surface area (Å²) in [7, 11) is 0. The van der Waals surface area contributed by atoms with Crippen LogP contribution in [0, 0.1) is 6.92 Å². The van der Waals surface area contributed by atoms with Gasteiger partial charge in [-0.05, 0) is 12.8 Å². The lowest BCUT2D eigenvalue weighted by molar-refractivity contribution is -0.0528. The van der Waals surface area contributed by atoms with Gasteiger partial charge in [-0.25, -0.2) is 0 Å². The lowest BCUT2D eigenvalue weighted by Crippen LogP contribution is -2.11. The zero-order chi connectivity index (χ0) is 7.28. The number of hydrogen-bond donors (Lipinski definition) is 3. The summed E-state index contributed by atoms with van der Waals surface area (Å²) >= 11 is 0. The smallest absolute Gasteiger partial charge is 0.151 e. The van der Waals surface area contributed by atoms with Crippen LogP contribution in [0.4, 0.5) is 0 Å². The summed E-state index contributed by atoms with van der Waals surface area (Å²) in [5.41, 5.74) is 0. The van der Waals surface area contributed by atoms with Crippen LogP contribution in [0.3, 0.4) is 0 Å². The Morgan fingerprint density at radius 3 is 2.00 bits per heavy atom. The second-order valence-corrected chi connectivity index (χ2v) is 2.00. The molecule has 0 aliphatic heterocycles. The molecular formula is C6H13O3. The van der Waals surface area contributed by atoms with Gasteiger partial charge in [0, 0.05) is 6.42 Å². The molecule has 0 spiro atoms. The second-order valence-electron chi connectivity index (χ2n) is 2.00. The van der Waals surface area contributed by atoms with Crippen molar-refractivity contribution in [1.29, 1.82) is 0 Å². The van der Waals surface area contributed by atoms with Crippen LogP contribution < -0.4 is 0 Å². The van der Waals surface area contributed by atoms with Crippen LogP contribution in [0.25, 0.3) is 0 Å². The first-order chi connectivity index (χ1) is 4.16. The van der Waals surface area contributed by atoms with Gasteiger partial charge in [-0.1, -0.05) is 6.92 Å². The van der Waals surface area contributed by atoms with Crippen molar-refractivity contribution in [3.8, 4) is 0 Å². The van der Waals surface area contributed by atoms with E-state index in [1.807, 2.05) is 0 Å². The molecule has 0 saturated heterocycles. The van der Waals surface area contributed by atoms with E-state index in [2.05, 4.69) is 6.92 Å². The normalized spacial score (nSPS) is 14.3. The highest BCUT2D eigenvalue weighted by Gasteiger charge is 2.03. The molecule has 0 heterocycles. The molecule has 1 radical (unpaired) electrons. The Kier molecular flexibility index (Phi) is 4.67. The van der Waals surface area contributed by atoms with E-state index in [0.717, 1.165) is 0 Å². The number of aliphatic hydroxyl groups is 3. The molecule has 0 fully saturated rings. The Labute approximate surface area is 54.9 Å². The van der Waals surface area contributed by atoms with Crippen LogP contribution >= 0.6 is 0 Å². The van der Waals surface area contributed by atoms with E-state index in [1.165, 1.54) is 0 Å². The predicted molar refractivity (Wildman–Crippen MR) is 33.4 cm³/mol. The standard InChI is InChI=1S/C6H13O3/c1-2-5(7)3-4-6(8)9/h5-9H,1-4H2. The summed E-state index contributed by atoms with van der Waals surface area (Å²) in [5, 5.41) is 25.5. The van der Waals surface area contributed by atoms with E-state index >= 15 is 0 Å². The van der Waals surface area contributed by atoms with E-state index in [9.17, 15) is 0 Å². The van der Waals surface area contributed by atoms with Gasteiger partial charge in [-0.15, -0.1) is 0 Å². The van der Waals surface area contributed by atoms with Crippen LogP contribution in [0.1, 0.15) is 19.3 Å². The Morgan fingerprint density at radius 2 is 1.67 bits per heavy atom. The van der Waals surface area contributed by atoms with Crippen molar-refractivity contribution in [3.63, 3.8) is 0 Å². The minimum Gasteiger partial charge on any atom is -0.393 e. The third kappa shape index (κ3) is 5.76. The molecule has 9 heavy (non-hydrogen) atoms. The fourth-order valence-corrected chi connectivity index (χ4v) is 0.486. The molecule has 1 atom stereocenters. The molecule has 3 heteroatoms. The number of hydrogen-bond acceptors (Lipinski definition) is 3. The molecule has 3 N–H and O–H groups in total. The van der Waals surface area contributed by atoms with E-state index in [0.29, 0.717) is 12.8 Å². The quantitative estimate of drug-likeness (QED) is 0.460. The number of rotatable bonds is 4. The van der Waals surface area contributed by atoms with E-state index in [4.69, 9.17) is 15.3 Å². The van der Waals surface area contributed by atoms with Gasteiger partial charge in [0.05, 0.1) is 6.10 Å². The molecule has 0 aromatic rings. The lowest BCUT2D eigenvalue weighted by Gasteiger charge is -2.07. The minimum atomic E-state index is -1.30. The van der Waals surface area contributed by atoms with Gasteiger partial charge < -0.3 is 15.3 Å². The summed E-state index contributed by atoms with van der Waals surface area (Å²) in [6.45, 7) is 3.45. The van der Waals surface area contributed by atoms with Crippen molar-refractivity contribution in [2.75, 3.05) is 0 Å². The fourth-order valence-electron chi connectivity index (χ4n) is 0.486. The highest BCUT2D eigenvalue weighted by Crippen LogP contribution is 2.01. The number of aliphatic hydroxyl groups excluding tert-OH is 2. The first-order valence-corrected chi connectivity index (χ1v) is 3.00. The summed E-state index contributed by atoms with van der Waals surface area (Å²) in [6, 6.07) is 0. The molecule has 0 aromatic heterocycles. The second kappa shape index (κ2) is 4.73. The van der Waals surface area contributed by atoms with Crippen molar-refractivity contribution >= 4 is 0 Å². The van der Waals surface area contributed by atoms with Gasteiger partial charge in [0.25, 0.3) is 0 Å². The van der Waals surface area contributed by atoms with Gasteiger partial charge in [0.15, 0.2) is 6.29 Å². The fraction of sp³-hybridized carbons (Fsp3) is 0.833. The van der Waals surface area contributed by atoms with Crippen LogP contribution in [-0.4, -0.2) is 27.7 Å². The monoisotopic (exact) mass is 133 g/mol. The maximum absolute atomic E-state index is 8.82. The molecule has 1 unspecified atom stereocenters. The predicted octanol–water partition coefficient (Wildman–Crippen LogP) is -0.338. The zero-order valence-corrected chi connectivity index (χ0v) is 5.32. The molecule has 3 nitrogen and oxygen atoms in total. The summed E-state index contributed by atoms with van der Waals surface area (Å²) < 4.78 is 0. The molecule has 0 rings (SSSR count). The third-order valence-corrected chi connectivity index (χ3v) is 1.09. The Morgan fingerprint density at radius 1 is 1.11 bits per heavy atom. The van der Waals surface area contributed by atoms with E-state index in [-0.39, 0.29) is 6.42 Å². The topological polar surface area (TPSA) is 60.7 Å².